The van der Waals surface area contributed by atoms with Gasteiger partial charge < -0.3 is 10.2 Å². The lowest BCUT2D eigenvalue weighted by Gasteiger charge is -2.49. The van der Waals surface area contributed by atoms with Crippen molar-refractivity contribution in [3.05, 3.63) is 29.8 Å². The van der Waals surface area contributed by atoms with E-state index in [1.54, 1.807) is 0 Å². The highest BCUT2D eigenvalue weighted by atomic mass is 16.2. The van der Waals surface area contributed by atoms with Crippen LogP contribution in [0, 0.1) is 5.92 Å². The Morgan fingerprint density at radius 2 is 1.95 bits per heavy atom. The van der Waals surface area contributed by atoms with E-state index in [-0.39, 0.29) is 11.8 Å². The molecule has 4 heterocycles. The molecular weight excluding hydrogens is 262 g/mol. The van der Waals surface area contributed by atoms with Gasteiger partial charge in [-0.15, -0.1) is 0 Å². The van der Waals surface area contributed by atoms with Crippen LogP contribution < -0.4 is 10.2 Å². The third-order valence-corrected chi connectivity index (χ3v) is 6.05. The Labute approximate surface area is 125 Å². The maximum Gasteiger partial charge on any atom is 0.226 e. The van der Waals surface area contributed by atoms with Crippen LogP contribution >= 0.6 is 0 Å². The van der Waals surface area contributed by atoms with Crippen molar-refractivity contribution in [3.63, 3.8) is 0 Å². The summed E-state index contributed by atoms with van der Waals surface area (Å²) in [6.07, 6.45) is 3.45. The molecule has 4 aliphatic rings. The molecule has 4 unspecified atom stereocenters. The van der Waals surface area contributed by atoms with Crippen LogP contribution in [0.4, 0.5) is 5.69 Å². The van der Waals surface area contributed by atoms with Gasteiger partial charge in [0.05, 0.1) is 18.6 Å². The van der Waals surface area contributed by atoms with Crippen LogP contribution in [0.1, 0.15) is 30.7 Å². The number of carbonyl (C=O) groups excluding carboxylic acids is 1. The number of piperidine rings is 2. The molecular formula is C17H21N3O. The second-order valence-corrected chi connectivity index (χ2v) is 6.89. The number of fused-ring (bicyclic) bond motifs is 3. The van der Waals surface area contributed by atoms with Gasteiger partial charge in [0.2, 0.25) is 5.91 Å². The van der Waals surface area contributed by atoms with Gasteiger partial charge in [0.15, 0.2) is 0 Å². The van der Waals surface area contributed by atoms with Gasteiger partial charge in [-0.1, -0.05) is 18.2 Å². The Morgan fingerprint density at radius 3 is 2.90 bits per heavy atom. The molecule has 1 N–H and O–H groups in total. The lowest BCUT2D eigenvalue weighted by atomic mass is 9.75. The Morgan fingerprint density at radius 1 is 1.05 bits per heavy atom. The summed E-state index contributed by atoms with van der Waals surface area (Å²) in [6, 6.07) is 9.71. The zero-order chi connectivity index (χ0) is 14.0. The molecule has 0 radical (unpaired) electrons. The molecule has 21 heavy (non-hydrogen) atoms. The molecule has 3 saturated heterocycles. The van der Waals surface area contributed by atoms with E-state index in [1.165, 1.54) is 30.6 Å². The molecule has 0 bridgehead atoms. The van der Waals surface area contributed by atoms with Crippen LogP contribution in [0.5, 0.6) is 0 Å². The van der Waals surface area contributed by atoms with Crippen molar-refractivity contribution in [1.29, 1.82) is 0 Å². The van der Waals surface area contributed by atoms with Crippen LogP contribution in [0.15, 0.2) is 24.3 Å². The number of amides is 1. The van der Waals surface area contributed by atoms with Crippen LogP contribution in [0.25, 0.3) is 0 Å². The largest absolute Gasteiger partial charge is 0.348 e. The second kappa shape index (κ2) is 4.23. The van der Waals surface area contributed by atoms with Gasteiger partial charge in [-0.2, -0.15) is 0 Å². The van der Waals surface area contributed by atoms with E-state index in [4.69, 9.17) is 0 Å². The minimum absolute atomic E-state index is 0.186. The summed E-state index contributed by atoms with van der Waals surface area (Å²) >= 11 is 0. The predicted molar refractivity (Wildman–Crippen MR) is 81.2 cm³/mol. The summed E-state index contributed by atoms with van der Waals surface area (Å²) in [4.78, 5) is 17.6. The van der Waals surface area contributed by atoms with E-state index in [2.05, 4.69) is 39.4 Å². The average molecular weight is 283 g/mol. The molecule has 5 rings (SSSR count). The first-order valence-electron chi connectivity index (χ1n) is 8.22. The van der Waals surface area contributed by atoms with Crippen LogP contribution in [0.3, 0.4) is 0 Å². The normalized spacial score (nSPS) is 37.5. The predicted octanol–water partition coefficient (Wildman–Crippen LogP) is 1.53. The second-order valence-electron chi connectivity index (χ2n) is 6.89. The number of anilines is 1. The standard InChI is InChI=1S/C17H21N3O/c21-17-13-5-3-8-19-9-7-12-11-4-1-2-6-14(11)20(10-18-17)16(12)15(13)19/h1-2,4,6,12-13,15-16H,3,5,7-10H2,(H,18,21). The number of para-hydroxylation sites is 1. The topological polar surface area (TPSA) is 35.6 Å². The number of hydrogen-bond acceptors (Lipinski definition) is 3. The summed E-state index contributed by atoms with van der Waals surface area (Å²) in [5.41, 5.74) is 2.85. The van der Waals surface area contributed by atoms with Gasteiger partial charge in [0.1, 0.15) is 0 Å². The minimum atomic E-state index is 0.186. The van der Waals surface area contributed by atoms with Gasteiger partial charge in [0, 0.05) is 17.6 Å². The first kappa shape index (κ1) is 12.0. The molecule has 3 fully saturated rings. The number of nitrogens with zero attached hydrogens (tertiary/aromatic N) is 2. The van der Waals surface area contributed by atoms with Crippen molar-refractivity contribution in [3.8, 4) is 0 Å². The molecule has 4 aliphatic heterocycles. The van der Waals surface area contributed by atoms with E-state index in [1.807, 2.05) is 0 Å². The van der Waals surface area contributed by atoms with Crippen molar-refractivity contribution in [2.24, 2.45) is 5.92 Å². The molecule has 4 nitrogen and oxygen atoms in total. The summed E-state index contributed by atoms with van der Waals surface area (Å²) in [6.45, 7) is 3.00. The Bertz CT molecular complexity index is 601. The molecule has 0 aliphatic carbocycles. The molecule has 0 spiro atoms. The zero-order valence-corrected chi connectivity index (χ0v) is 12.2. The molecule has 1 aromatic rings. The van der Waals surface area contributed by atoms with Gasteiger partial charge in [0.25, 0.3) is 0 Å². The Balaban J connectivity index is 1.66. The SMILES string of the molecule is O=C1NCN2c3ccccc3C3CCN4CCCC1C4C32. The van der Waals surface area contributed by atoms with Gasteiger partial charge >= 0.3 is 0 Å². The van der Waals surface area contributed by atoms with Crippen molar-refractivity contribution in [1.82, 2.24) is 10.2 Å². The van der Waals surface area contributed by atoms with Crippen LogP contribution in [0.2, 0.25) is 0 Å². The first-order chi connectivity index (χ1) is 10.3. The molecule has 0 aromatic heterocycles. The van der Waals surface area contributed by atoms with Gasteiger partial charge in [-0.3, -0.25) is 9.69 Å². The van der Waals surface area contributed by atoms with Gasteiger partial charge in [-0.05, 0) is 44.0 Å². The number of carbonyl (C=O) groups is 1. The zero-order valence-electron chi connectivity index (χ0n) is 12.2. The fraction of sp³-hybridized carbons (Fsp3) is 0.588. The third kappa shape index (κ3) is 1.51. The fourth-order valence-electron chi connectivity index (χ4n) is 5.25. The van der Waals surface area contributed by atoms with Gasteiger partial charge in [-0.25, -0.2) is 0 Å². The molecule has 110 valence electrons. The van der Waals surface area contributed by atoms with Crippen molar-refractivity contribution >= 4 is 11.6 Å². The lowest BCUT2D eigenvalue weighted by molar-refractivity contribution is -0.128. The molecule has 1 amide bonds. The number of nitrogens with one attached hydrogen (secondary N) is 1. The van der Waals surface area contributed by atoms with E-state index in [0.717, 1.165) is 13.0 Å². The minimum Gasteiger partial charge on any atom is -0.348 e. The monoisotopic (exact) mass is 283 g/mol. The Kier molecular flexibility index (Phi) is 2.42. The highest BCUT2D eigenvalue weighted by molar-refractivity contribution is 5.81. The quantitative estimate of drug-likeness (QED) is 0.784. The summed E-state index contributed by atoms with van der Waals surface area (Å²) < 4.78 is 0. The highest BCUT2D eigenvalue weighted by Gasteiger charge is 2.53. The highest BCUT2D eigenvalue weighted by Crippen LogP contribution is 2.50. The maximum atomic E-state index is 12.5. The summed E-state index contributed by atoms with van der Waals surface area (Å²) in [7, 11) is 0. The average Bonchev–Trinajstić information content (AvgIpc) is 2.78. The van der Waals surface area contributed by atoms with E-state index in [9.17, 15) is 4.79 Å². The molecule has 4 heteroatoms. The fourth-order valence-corrected chi connectivity index (χ4v) is 5.25. The first-order valence-corrected chi connectivity index (χ1v) is 8.22. The van der Waals surface area contributed by atoms with E-state index >= 15 is 0 Å². The lowest BCUT2D eigenvalue weighted by Crippen LogP contribution is -2.60. The summed E-state index contributed by atoms with van der Waals surface area (Å²) in [5, 5.41) is 3.19. The molecule has 4 atom stereocenters. The van der Waals surface area contributed by atoms with E-state index < -0.39 is 0 Å². The van der Waals surface area contributed by atoms with Crippen molar-refractivity contribution in [2.45, 2.75) is 37.3 Å². The summed E-state index contributed by atoms with van der Waals surface area (Å²) in [5.74, 6) is 1.07. The van der Waals surface area contributed by atoms with Crippen molar-refractivity contribution < 1.29 is 4.79 Å². The van der Waals surface area contributed by atoms with Crippen molar-refractivity contribution in [2.75, 3.05) is 24.7 Å². The number of benzene rings is 1. The van der Waals surface area contributed by atoms with Crippen LogP contribution in [-0.4, -0.2) is 42.6 Å². The third-order valence-electron chi connectivity index (χ3n) is 6.05. The van der Waals surface area contributed by atoms with Crippen LogP contribution in [-0.2, 0) is 4.79 Å². The molecule has 0 saturated carbocycles. The number of rotatable bonds is 0. The Hall–Kier alpha value is -1.55. The van der Waals surface area contributed by atoms with E-state index in [0.29, 0.717) is 24.7 Å². The maximum absolute atomic E-state index is 12.5. The smallest absolute Gasteiger partial charge is 0.226 e. The number of hydrogen-bond donors (Lipinski definition) is 1. The molecule has 1 aromatic carbocycles.